The minimum absolute atomic E-state index is 0.200. The molecule has 0 radical (unpaired) electrons. The van der Waals surface area contributed by atoms with Crippen LogP contribution in [0.2, 0.25) is 0 Å². The number of unbranched alkanes of at least 4 members (excludes halogenated alkanes) is 16. The predicted octanol–water partition coefficient (Wildman–Crippen LogP) is 8.88. The molecule has 1 unspecified atom stereocenters. The van der Waals surface area contributed by atoms with Gasteiger partial charge in [0.15, 0.2) is 12.4 Å². The first-order valence-corrected chi connectivity index (χ1v) is 21.7. The summed E-state index contributed by atoms with van der Waals surface area (Å²) in [6, 6.07) is 0. The van der Waals surface area contributed by atoms with Crippen LogP contribution in [-0.2, 0) is 28.5 Å². The molecule has 0 spiro atoms. The predicted molar refractivity (Wildman–Crippen MR) is 219 cm³/mol. The molecule has 0 amide bonds. The number of esters is 2. The van der Waals surface area contributed by atoms with E-state index in [9.17, 15) is 30.0 Å². The molecule has 0 aromatic heterocycles. The van der Waals surface area contributed by atoms with Crippen molar-refractivity contribution in [3.63, 3.8) is 0 Å². The molecule has 55 heavy (non-hydrogen) atoms. The number of hydrogen-bond acceptors (Lipinski definition) is 10. The van der Waals surface area contributed by atoms with E-state index in [1.54, 1.807) is 0 Å². The first-order valence-electron chi connectivity index (χ1n) is 21.7. The molecule has 0 aromatic rings. The molecule has 10 heteroatoms. The van der Waals surface area contributed by atoms with Crippen molar-refractivity contribution in [1.82, 2.24) is 0 Å². The molecule has 318 valence electrons. The zero-order chi connectivity index (χ0) is 40.2. The lowest BCUT2D eigenvalue weighted by Gasteiger charge is -2.39. The Kier molecular flexibility index (Phi) is 33.2. The number of hydrogen-bond donors (Lipinski definition) is 4. The van der Waals surface area contributed by atoms with Gasteiger partial charge in [-0.15, -0.1) is 0 Å². The van der Waals surface area contributed by atoms with Crippen LogP contribution < -0.4 is 0 Å². The smallest absolute Gasteiger partial charge is 0.306 e. The fourth-order valence-corrected chi connectivity index (χ4v) is 6.24. The van der Waals surface area contributed by atoms with Crippen molar-refractivity contribution in [2.24, 2.45) is 0 Å². The van der Waals surface area contributed by atoms with Crippen molar-refractivity contribution in [3.05, 3.63) is 48.6 Å². The number of aliphatic hydroxyl groups excluding tert-OH is 4. The number of carbonyl (C=O) groups is 2. The van der Waals surface area contributed by atoms with Crippen LogP contribution in [0.5, 0.6) is 0 Å². The van der Waals surface area contributed by atoms with Crippen LogP contribution in [-0.4, -0.2) is 89.0 Å². The molecule has 10 nitrogen and oxygen atoms in total. The second kappa shape index (κ2) is 36.0. The molecule has 1 heterocycles. The van der Waals surface area contributed by atoms with Gasteiger partial charge in [-0.25, -0.2) is 0 Å². The van der Waals surface area contributed by atoms with Crippen molar-refractivity contribution >= 4 is 11.9 Å². The minimum atomic E-state index is -1.60. The van der Waals surface area contributed by atoms with Crippen LogP contribution in [0.25, 0.3) is 0 Å². The Hall–Kier alpha value is -2.34. The molecule has 0 saturated carbocycles. The first kappa shape index (κ1) is 50.7. The van der Waals surface area contributed by atoms with Gasteiger partial charge in [0, 0.05) is 12.8 Å². The van der Waals surface area contributed by atoms with Gasteiger partial charge in [0.1, 0.15) is 31.0 Å². The Morgan fingerprint density at radius 2 is 1.04 bits per heavy atom. The highest BCUT2D eigenvalue weighted by Gasteiger charge is 2.44. The number of ether oxygens (including phenoxy) is 4. The van der Waals surface area contributed by atoms with Crippen LogP contribution in [0.3, 0.4) is 0 Å². The van der Waals surface area contributed by atoms with Crippen LogP contribution in [0, 0.1) is 0 Å². The van der Waals surface area contributed by atoms with Gasteiger partial charge in [0.25, 0.3) is 0 Å². The zero-order valence-electron chi connectivity index (χ0n) is 34.4. The lowest BCUT2D eigenvalue weighted by molar-refractivity contribution is -0.305. The van der Waals surface area contributed by atoms with Gasteiger partial charge >= 0.3 is 11.9 Å². The average molecular weight is 779 g/mol. The maximum atomic E-state index is 12.7. The van der Waals surface area contributed by atoms with Gasteiger partial charge in [0.05, 0.1) is 13.2 Å². The van der Waals surface area contributed by atoms with E-state index in [4.69, 9.17) is 18.9 Å². The summed E-state index contributed by atoms with van der Waals surface area (Å²) in [5, 5.41) is 40.0. The Morgan fingerprint density at radius 3 is 1.58 bits per heavy atom. The van der Waals surface area contributed by atoms with E-state index >= 15 is 0 Å². The van der Waals surface area contributed by atoms with E-state index in [2.05, 4.69) is 56.4 Å². The number of carbonyl (C=O) groups excluding carboxylic acids is 2. The van der Waals surface area contributed by atoms with Gasteiger partial charge < -0.3 is 39.4 Å². The Labute approximate surface area is 333 Å². The highest BCUT2D eigenvalue weighted by molar-refractivity contribution is 5.70. The fourth-order valence-electron chi connectivity index (χ4n) is 6.24. The summed E-state index contributed by atoms with van der Waals surface area (Å²) in [5.41, 5.74) is 0. The highest BCUT2D eigenvalue weighted by Crippen LogP contribution is 2.22. The van der Waals surface area contributed by atoms with E-state index in [1.807, 2.05) is 6.08 Å². The largest absolute Gasteiger partial charge is 0.462 e. The number of allylic oxidation sites excluding steroid dienone is 8. The minimum Gasteiger partial charge on any atom is -0.462 e. The Morgan fingerprint density at radius 1 is 0.564 bits per heavy atom. The van der Waals surface area contributed by atoms with Gasteiger partial charge in [-0.05, 0) is 51.4 Å². The van der Waals surface area contributed by atoms with Crippen LogP contribution in [0.4, 0.5) is 0 Å². The number of rotatable bonds is 35. The summed E-state index contributed by atoms with van der Waals surface area (Å²) < 4.78 is 22.1. The molecule has 1 aliphatic heterocycles. The number of aliphatic hydroxyl groups is 4. The van der Waals surface area contributed by atoms with Crippen LogP contribution in [0.15, 0.2) is 48.6 Å². The third-order valence-corrected chi connectivity index (χ3v) is 9.72. The van der Waals surface area contributed by atoms with Crippen molar-refractivity contribution < 1.29 is 49.0 Å². The van der Waals surface area contributed by atoms with E-state index in [0.29, 0.717) is 12.8 Å². The molecule has 0 aliphatic carbocycles. The summed E-state index contributed by atoms with van der Waals surface area (Å²) in [5.74, 6) is -0.872. The molecule has 1 aliphatic rings. The van der Waals surface area contributed by atoms with Gasteiger partial charge in [-0.3, -0.25) is 9.59 Å². The molecular formula is C45H78O10. The summed E-state index contributed by atoms with van der Waals surface area (Å²) in [6.45, 7) is 3.33. The summed E-state index contributed by atoms with van der Waals surface area (Å²) >= 11 is 0. The van der Waals surface area contributed by atoms with E-state index in [1.165, 1.54) is 83.5 Å². The maximum Gasteiger partial charge on any atom is 0.306 e. The Balaban J connectivity index is 2.39. The lowest BCUT2D eigenvalue weighted by atomic mass is 9.99. The van der Waals surface area contributed by atoms with Crippen molar-refractivity contribution in [3.8, 4) is 0 Å². The summed E-state index contributed by atoms with van der Waals surface area (Å²) in [6.07, 6.45) is 34.1. The third-order valence-electron chi connectivity index (χ3n) is 9.72. The van der Waals surface area contributed by atoms with Gasteiger partial charge in [-0.1, -0.05) is 152 Å². The fraction of sp³-hybridized carbons (Fsp3) is 0.778. The standard InChI is InChI=1S/C45H78O10/c1-3-5-7-9-11-13-15-17-18-19-20-22-23-25-27-29-31-33-40(47)52-36-38(37-53-45-44(51)43(50)42(49)39(35-46)55-45)54-41(48)34-32-30-28-26-24-21-16-14-12-10-8-6-4-2/h11,13,17-18,20,22,25,27,38-39,42-46,49-51H,3-10,12,14-16,19,21,23-24,26,28-37H2,1-2H3/b13-11-,18-17-,22-20-,27-25-/t38?,39-,42+,43+,44+,45-/m1/s1. The monoisotopic (exact) mass is 779 g/mol. The molecule has 1 saturated heterocycles. The van der Waals surface area contributed by atoms with Gasteiger partial charge in [-0.2, -0.15) is 0 Å². The molecule has 6 atom stereocenters. The summed E-state index contributed by atoms with van der Waals surface area (Å²) in [7, 11) is 0. The quantitative estimate of drug-likeness (QED) is 0.0279. The SMILES string of the molecule is CCCCC/C=C\C/C=C\C/C=C\C/C=C\CCCC(=O)OCC(CO[C@@H]1O[C@H](CO)[C@H](O)[C@H](O)[C@@H]1O)OC(=O)CCCCCCCCCCCCCCC. The zero-order valence-corrected chi connectivity index (χ0v) is 34.4. The van der Waals surface area contributed by atoms with E-state index in [0.717, 1.165) is 44.9 Å². The molecular weight excluding hydrogens is 700 g/mol. The molecule has 1 rings (SSSR count). The van der Waals surface area contributed by atoms with Crippen molar-refractivity contribution in [2.75, 3.05) is 19.8 Å². The van der Waals surface area contributed by atoms with Crippen LogP contribution in [0.1, 0.15) is 168 Å². The Bertz CT molecular complexity index is 1040. The molecule has 0 aromatic carbocycles. The average Bonchev–Trinajstić information content (AvgIpc) is 3.18. The van der Waals surface area contributed by atoms with Crippen LogP contribution >= 0.6 is 0 Å². The molecule has 0 bridgehead atoms. The highest BCUT2D eigenvalue weighted by atomic mass is 16.7. The first-order chi connectivity index (χ1) is 26.8. The molecule has 4 N–H and O–H groups in total. The lowest BCUT2D eigenvalue weighted by Crippen LogP contribution is -2.59. The summed E-state index contributed by atoms with van der Waals surface area (Å²) in [4.78, 5) is 25.2. The van der Waals surface area contributed by atoms with E-state index in [-0.39, 0.29) is 26.1 Å². The van der Waals surface area contributed by atoms with Crippen molar-refractivity contribution in [1.29, 1.82) is 0 Å². The van der Waals surface area contributed by atoms with Gasteiger partial charge in [0.2, 0.25) is 0 Å². The van der Waals surface area contributed by atoms with Crippen molar-refractivity contribution in [2.45, 2.75) is 205 Å². The topological polar surface area (TPSA) is 152 Å². The second-order valence-corrected chi connectivity index (χ2v) is 14.8. The van der Waals surface area contributed by atoms with E-state index < -0.39 is 55.4 Å². The normalized spacial score (nSPS) is 21.0. The maximum absolute atomic E-state index is 12.7. The second-order valence-electron chi connectivity index (χ2n) is 14.8. The molecule has 1 fully saturated rings. The third kappa shape index (κ3) is 27.8.